The van der Waals surface area contributed by atoms with Gasteiger partial charge >= 0.3 is 0 Å². The lowest BCUT2D eigenvalue weighted by molar-refractivity contribution is 0.0994. The minimum atomic E-state index is -0.251. The number of rotatable bonds is 5. The van der Waals surface area contributed by atoms with Gasteiger partial charge in [0.05, 0.1) is 5.25 Å². The average molecular weight is 381 g/mol. The number of ketones is 1. The number of nitrogens with zero attached hydrogens (tertiary/aromatic N) is 4. The fourth-order valence-corrected chi connectivity index (χ4v) is 3.64. The summed E-state index contributed by atoms with van der Waals surface area (Å²) in [5.41, 5.74) is 2.96. The quantitative estimate of drug-likeness (QED) is 0.480. The maximum Gasteiger partial charge on any atom is 0.191 e. The van der Waals surface area contributed by atoms with E-state index >= 15 is 0 Å². The lowest BCUT2D eigenvalue weighted by atomic mass is 9.86. The number of pyridine rings is 1. The molecule has 0 saturated carbocycles. The Morgan fingerprint density at radius 1 is 1.04 bits per heavy atom. The van der Waals surface area contributed by atoms with Gasteiger partial charge in [-0.15, -0.1) is 10.2 Å². The molecule has 1 atom stereocenters. The van der Waals surface area contributed by atoms with E-state index < -0.39 is 0 Å². The van der Waals surface area contributed by atoms with Crippen molar-refractivity contribution < 1.29 is 4.79 Å². The Bertz CT molecular complexity index is 927. The van der Waals surface area contributed by atoms with E-state index in [1.807, 2.05) is 54.9 Å². The molecule has 2 heterocycles. The van der Waals surface area contributed by atoms with Gasteiger partial charge in [-0.05, 0) is 30.0 Å². The van der Waals surface area contributed by atoms with Crippen molar-refractivity contribution in [3.05, 3.63) is 59.9 Å². The van der Waals surface area contributed by atoms with E-state index in [0.717, 1.165) is 17.0 Å². The first kappa shape index (κ1) is 19.3. The van der Waals surface area contributed by atoms with Gasteiger partial charge < -0.3 is 4.57 Å². The molecule has 0 aliphatic rings. The van der Waals surface area contributed by atoms with Crippen LogP contribution < -0.4 is 0 Å². The Morgan fingerprint density at radius 2 is 1.67 bits per heavy atom. The third-order valence-electron chi connectivity index (χ3n) is 4.46. The van der Waals surface area contributed by atoms with Crippen molar-refractivity contribution in [3.8, 4) is 11.4 Å². The molecule has 0 radical (unpaired) electrons. The molecule has 0 unspecified atom stereocenters. The second-order valence-corrected chi connectivity index (χ2v) is 8.86. The second kappa shape index (κ2) is 7.64. The number of hydrogen-bond donors (Lipinski definition) is 0. The molecule has 5 nitrogen and oxygen atoms in total. The van der Waals surface area contributed by atoms with E-state index in [4.69, 9.17) is 0 Å². The number of hydrogen-bond acceptors (Lipinski definition) is 5. The summed E-state index contributed by atoms with van der Waals surface area (Å²) in [6.45, 7) is 8.40. The third-order valence-corrected chi connectivity index (χ3v) is 5.59. The fourth-order valence-electron chi connectivity index (χ4n) is 2.75. The van der Waals surface area contributed by atoms with Gasteiger partial charge in [-0.3, -0.25) is 9.78 Å². The summed E-state index contributed by atoms with van der Waals surface area (Å²) in [5, 5.41) is 8.99. The SMILES string of the molecule is C[C@H](Sc1nnc(-c2ccncc2)n1C)C(=O)c1ccc(C(C)(C)C)cc1. The van der Waals surface area contributed by atoms with Crippen LogP contribution in [-0.4, -0.2) is 30.8 Å². The van der Waals surface area contributed by atoms with E-state index in [2.05, 4.69) is 36.0 Å². The Morgan fingerprint density at radius 3 is 2.26 bits per heavy atom. The Balaban J connectivity index is 1.75. The summed E-state index contributed by atoms with van der Waals surface area (Å²) in [6.07, 6.45) is 3.45. The molecule has 0 aliphatic heterocycles. The van der Waals surface area contributed by atoms with Crippen LogP contribution in [0.4, 0.5) is 0 Å². The van der Waals surface area contributed by atoms with Gasteiger partial charge in [-0.1, -0.05) is 56.8 Å². The average Bonchev–Trinajstić information content (AvgIpc) is 3.01. The van der Waals surface area contributed by atoms with Gasteiger partial charge in [0.25, 0.3) is 0 Å². The van der Waals surface area contributed by atoms with Gasteiger partial charge in [-0.2, -0.15) is 0 Å². The molecule has 0 aliphatic carbocycles. The molecule has 0 bridgehead atoms. The molecule has 0 saturated heterocycles. The molecule has 3 rings (SSSR count). The van der Waals surface area contributed by atoms with Crippen LogP contribution in [0.15, 0.2) is 53.9 Å². The van der Waals surface area contributed by atoms with Crippen LogP contribution in [0.25, 0.3) is 11.4 Å². The number of carbonyl (C=O) groups is 1. The van der Waals surface area contributed by atoms with Crippen LogP contribution in [0.3, 0.4) is 0 Å². The van der Waals surface area contributed by atoms with Crippen LogP contribution in [-0.2, 0) is 12.5 Å². The molecule has 0 fully saturated rings. The number of benzene rings is 1. The highest BCUT2D eigenvalue weighted by Gasteiger charge is 2.21. The summed E-state index contributed by atoms with van der Waals surface area (Å²) in [5.74, 6) is 0.850. The molecule has 2 aromatic heterocycles. The molecule has 140 valence electrons. The molecule has 6 heteroatoms. The minimum Gasteiger partial charge on any atom is -0.305 e. The maximum absolute atomic E-state index is 12.8. The summed E-state index contributed by atoms with van der Waals surface area (Å²) in [7, 11) is 1.91. The van der Waals surface area contributed by atoms with E-state index in [1.54, 1.807) is 12.4 Å². The summed E-state index contributed by atoms with van der Waals surface area (Å²) < 4.78 is 1.91. The largest absolute Gasteiger partial charge is 0.305 e. The Kier molecular flexibility index (Phi) is 5.46. The predicted molar refractivity (Wildman–Crippen MR) is 109 cm³/mol. The molecule has 27 heavy (non-hydrogen) atoms. The van der Waals surface area contributed by atoms with Crippen LogP contribution in [0, 0.1) is 0 Å². The van der Waals surface area contributed by atoms with Crippen molar-refractivity contribution in [1.82, 2.24) is 19.7 Å². The maximum atomic E-state index is 12.8. The normalized spacial score (nSPS) is 12.8. The smallest absolute Gasteiger partial charge is 0.191 e. The number of aromatic nitrogens is 4. The summed E-state index contributed by atoms with van der Waals surface area (Å²) in [6, 6.07) is 11.7. The number of carbonyl (C=O) groups excluding carboxylic acids is 1. The highest BCUT2D eigenvalue weighted by atomic mass is 32.2. The summed E-state index contributed by atoms with van der Waals surface area (Å²) in [4.78, 5) is 16.8. The lowest BCUT2D eigenvalue weighted by Crippen LogP contribution is -2.16. The van der Waals surface area contributed by atoms with Crippen molar-refractivity contribution in [2.45, 2.75) is 43.5 Å². The van der Waals surface area contributed by atoms with E-state index in [9.17, 15) is 4.79 Å². The van der Waals surface area contributed by atoms with Crippen LogP contribution in [0.1, 0.15) is 43.6 Å². The Labute approximate surface area is 164 Å². The lowest BCUT2D eigenvalue weighted by Gasteiger charge is -2.19. The number of thioether (sulfide) groups is 1. The molecular weight excluding hydrogens is 356 g/mol. The zero-order valence-corrected chi connectivity index (χ0v) is 17.1. The second-order valence-electron chi connectivity index (χ2n) is 7.55. The standard InChI is InChI=1S/C21H24N4OS/c1-14(18(26)15-6-8-17(9-7-15)21(2,3)4)27-20-24-23-19(25(20)5)16-10-12-22-13-11-16/h6-14H,1-5H3/t14-/m0/s1. The fraction of sp³-hybridized carbons (Fsp3) is 0.333. The predicted octanol–water partition coefficient (Wildman–Crippen LogP) is 4.54. The van der Waals surface area contributed by atoms with Gasteiger partial charge in [0.15, 0.2) is 16.8 Å². The van der Waals surface area contributed by atoms with E-state index in [0.29, 0.717) is 5.16 Å². The summed E-state index contributed by atoms with van der Waals surface area (Å²) >= 11 is 1.42. The van der Waals surface area contributed by atoms with Gasteiger partial charge in [0, 0.05) is 30.6 Å². The zero-order valence-electron chi connectivity index (χ0n) is 16.3. The minimum absolute atomic E-state index is 0.0733. The molecule has 0 amide bonds. The van der Waals surface area contributed by atoms with E-state index in [-0.39, 0.29) is 16.4 Å². The first-order chi connectivity index (χ1) is 12.8. The van der Waals surface area contributed by atoms with Crippen molar-refractivity contribution >= 4 is 17.5 Å². The molecule has 0 N–H and O–H groups in total. The van der Waals surface area contributed by atoms with Crippen molar-refractivity contribution in [1.29, 1.82) is 0 Å². The van der Waals surface area contributed by atoms with Crippen LogP contribution in [0.2, 0.25) is 0 Å². The highest BCUT2D eigenvalue weighted by molar-refractivity contribution is 8.00. The van der Waals surface area contributed by atoms with Crippen molar-refractivity contribution in [2.75, 3.05) is 0 Å². The first-order valence-electron chi connectivity index (χ1n) is 8.88. The Hall–Kier alpha value is -2.47. The first-order valence-corrected chi connectivity index (χ1v) is 9.76. The molecule has 1 aromatic carbocycles. The zero-order chi connectivity index (χ0) is 19.6. The van der Waals surface area contributed by atoms with E-state index in [1.165, 1.54) is 17.3 Å². The van der Waals surface area contributed by atoms with Crippen molar-refractivity contribution in [3.63, 3.8) is 0 Å². The van der Waals surface area contributed by atoms with Gasteiger partial charge in [0.1, 0.15) is 0 Å². The van der Waals surface area contributed by atoms with Gasteiger partial charge in [-0.25, -0.2) is 0 Å². The monoisotopic (exact) mass is 380 g/mol. The topological polar surface area (TPSA) is 60.7 Å². The molecule has 0 spiro atoms. The van der Waals surface area contributed by atoms with Gasteiger partial charge in [0.2, 0.25) is 0 Å². The number of Topliss-reactive ketones (excluding diaryl/α,β-unsaturated/α-hetero) is 1. The third kappa shape index (κ3) is 4.27. The van der Waals surface area contributed by atoms with Crippen LogP contribution in [0.5, 0.6) is 0 Å². The molecule has 3 aromatic rings. The van der Waals surface area contributed by atoms with Crippen molar-refractivity contribution in [2.24, 2.45) is 7.05 Å². The molecular formula is C21H24N4OS. The highest BCUT2D eigenvalue weighted by Crippen LogP contribution is 2.28. The van der Waals surface area contributed by atoms with Crippen LogP contribution >= 0.6 is 11.8 Å².